The minimum atomic E-state index is 0.0339. The average Bonchev–Trinajstić information content (AvgIpc) is 2.84. The van der Waals surface area contributed by atoms with Crippen LogP contribution < -0.4 is 4.90 Å². The quantitative estimate of drug-likeness (QED) is 0.823. The largest absolute Gasteiger partial charge is 0.341 e. The number of likely N-dealkylation sites (N-methyl/N-ethyl adjacent to an activating group) is 1. The van der Waals surface area contributed by atoms with Crippen molar-refractivity contribution in [1.82, 2.24) is 19.8 Å². The molecular weight excluding hydrogens is 278 g/mol. The van der Waals surface area contributed by atoms with E-state index in [1.54, 1.807) is 12.3 Å². The van der Waals surface area contributed by atoms with Gasteiger partial charge in [0, 0.05) is 45.5 Å². The molecule has 120 valence electrons. The number of hydrogen-bond donors (Lipinski definition) is 0. The number of hydrogen-bond acceptors (Lipinski definition) is 5. The van der Waals surface area contributed by atoms with Crippen molar-refractivity contribution in [3.8, 4) is 0 Å². The molecule has 2 saturated heterocycles. The molecular formula is C16H25N5O. The van der Waals surface area contributed by atoms with Crippen molar-refractivity contribution in [2.24, 2.45) is 0 Å². The van der Waals surface area contributed by atoms with Crippen molar-refractivity contribution >= 4 is 11.9 Å². The molecule has 0 radical (unpaired) electrons. The summed E-state index contributed by atoms with van der Waals surface area (Å²) in [6.07, 6.45) is 6.63. The highest BCUT2D eigenvalue weighted by molar-refractivity contribution is 5.92. The molecule has 0 bridgehead atoms. The number of rotatable bonds is 2. The maximum Gasteiger partial charge on any atom is 0.272 e. The van der Waals surface area contributed by atoms with Crippen LogP contribution in [0.5, 0.6) is 0 Å². The van der Waals surface area contributed by atoms with Gasteiger partial charge < -0.3 is 14.7 Å². The summed E-state index contributed by atoms with van der Waals surface area (Å²) in [5.74, 6) is 0.744. The molecule has 1 aromatic rings. The fraction of sp³-hybridized carbons (Fsp3) is 0.688. The summed E-state index contributed by atoms with van der Waals surface area (Å²) < 4.78 is 0. The summed E-state index contributed by atoms with van der Waals surface area (Å²) in [6.45, 7) is 5.39. The zero-order chi connectivity index (χ0) is 15.4. The van der Waals surface area contributed by atoms with Crippen LogP contribution in [0.25, 0.3) is 0 Å². The van der Waals surface area contributed by atoms with Crippen LogP contribution in [0.4, 0.5) is 5.95 Å². The van der Waals surface area contributed by atoms with Crippen molar-refractivity contribution in [2.75, 3.05) is 51.2 Å². The van der Waals surface area contributed by atoms with Gasteiger partial charge in [-0.2, -0.15) is 0 Å². The molecule has 2 aliphatic rings. The molecule has 6 nitrogen and oxygen atoms in total. The van der Waals surface area contributed by atoms with Crippen LogP contribution in [-0.2, 0) is 0 Å². The van der Waals surface area contributed by atoms with Crippen molar-refractivity contribution < 1.29 is 4.79 Å². The van der Waals surface area contributed by atoms with Gasteiger partial charge in [-0.05, 0) is 26.0 Å². The predicted molar refractivity (Wildman–Crippen MR) is 86.1 cm³/mol. The first-order chi connectivity index (χ1) is 10.7. The lowest BCUT2D eigenvalue weighted by atomic mass is 10.2. The highest BCUT2D eigenvalue weighted by Crippen LogP contribution is 2.16. The Bertz CT molecular complexity index is 505. The van der Waals surface area contributed by atoms with Crippen LogP contribution in [0.1, 0.15) is 36.2 Å². The van der Waals surface area contributed by atoms with Crippen molar-refractivity contribution in [1.29, 1.82) is 0 Å². The number of piperazine rings is 1. The fourth-order valence-electron chi connectivity index (χ4n) is 3.06. The van der Waals surface area contributed by atoms with Crippen LogP contribution in [-0.4, -0.2) is 72.0 Å². The van der Waals surface area contributed by atoms with Crippen molar-refractivity contribution in [3.63, 3.8) is 0 Å². The molecule has 0 N–H and O–H groups in total. The van der Waals surface area contributed by atoms with Gasteiger partial charge in [0.15, 0.2) is 0 Å². The highest BCUT2D eigenvalue weighted by Gasteiger charge is 2.22. The lowest BCUT2D eigenvalue weighted by Crippen LogP contribution is -2.47. The summed E-state index contributed by atoms with van der Waals surface area (Å²) in [7, 11) is 2.09. The van der Waals surface area contributed by atoms with Gasteiger partial charge in [-0.25, -0.2) is 9.97 Å². The molecule has 6 heteroatoms. The molecule has 0 aromatic carbocycles. The molecule has 0 unspecified atom stereocenters. The Kier molecular flexibility index (Phi) is 4.87. The van der Waals surface area contributed by atoms with Crippen LogP contribution in [0.3, 0.4) is 0 Å². The van der Waals surface area contributed by atoms with E-state index < -0.39 is 0 Å². The molecule has 0 saturated carbocycles. The highest BCUT2D eigenvalue weighted by atomic mass is 16.2. The van der Waals surface area contributed by atoms with Crippen molar-refractivity contribution in [3.05, 3.63) is 18.0 Å². The molecule has 2 fully saturated rings. The minimum absolute atomic E-state index is 0.0339. The third-order valence-corrected chi connectivity index (χ3v) is 4.54. The van der Waals surface area contributed by atoms with Crippen LogP contribution >= 0.6 is 0 Å². The molecule has 0 aliphatic carbocycles. The zero-order valence-corrected chi connectivity index (χ0v) is 13.4. The Hall–Kier alpha value is -1.69. The molecule has 22 heavy (non-hydrogen) atoms. The van der Waals surface area contributed by atoms with Gasteiger partial charge in [-0.15, -0.1) is 0 Å². The van der Waals surface area contributed by atoms with E-state index in [-0.39, 0.29) is 5.91 Å². The second kappa shape index (κ2) is 7.05. The first-order valence-electron chi connectivity index (χ1n) is 8.30. The van der Waals surface area contributed by atoms with E-state index in [1.807, 2.05) is 4.90 Å². The van der Waals surface area contributed by atoms with Crippen molar-refractivity contribution in [2.45, 2.75) is 25.7 Å². The van der Waals surface area contributed by atoms with E-state index in [4.69, 9.17) is 0 Å². The number of aromatic nitrogens is 2. The topological polar surface area (TPSA) is 52.6 Å². The van der Waals surface area contributed by atoms with Gasteiger partial charge in [0.2, 0.25) is 5.95 Å². The number of carbonyl (C=O) groups is 1. The lowest BCUT2D eigenvalue weighted by molar-refractivity contribution is 0.0658. The second-order valence-electron chi connectivity index (χ2n) is 6.24. The predicted octanol–water partition coefficient (Wildman–Crippen LogP) is 1.24. The Morgan fingerprint density at radius 2 is 1.68 bits per heavy atom. The normalized spacial score (nSPS) is 20.8. The van der Waals surface area contributed by atoms with E-state index in [0.29, 0.717) is 11.6 Å². The molecule has 0 atom stereocenters. The van der Waals surface area contributed by atoms with Gasteiger partial charge in [-0.1, -0.05) is 12.8 Å². The van der Waals surface area contributed by atoms with E-state index in [1.165, 1.54) is 25.7 Å². The smallest absolute Gasteiger partial charge is 0.272 e. The van der Waals surface area contributed by atoms with E-state index in [0.717, 1.165) is 39.3 Å². The first-order valence-corrected chi connectivity index (χ1v) is 8.30. The number of anilines is 1. The summed E-state index contributed by atoms with van der Waals surface area (Å²) in [4.78, 5) is 27.9. The third-order valence-electron chi connectivity index (χ3n) is 4.54. The van der Waals surface area contributed by atoms with E-state index >= 15 is 0 Å². The second-order valence-corrected chi connectivity index (χ2v) is 6.24. The monoisotopic (exact) mass is 303 g/mol. The number of carbonyl (C=O) groups excluding carboxylic acids is 1. The van der Waals surface area contributed by atoms with Gasteiger partial charge >= 0.3 is 0 Å². The lowest BCUT2D eigenvalue weighted by Gasteiger charge is -2.32. The SMILES string of the molecule is CN1CCN(C(=O)c2ccnc(N3CCCCCC3)n2)CC1. The summed E-state index contributed by atoms with van der Waals surface area (Å²) in [5.41, 5.74) is 0.527. The average molecular weight is 303 g/mol. The summed E-state index contributed by atoms with van der Waals surface area (Å²) in [5, 5.41) is 0. The maximum atomic E-state index is 12.6. The molecule has 3 heterocycles. The van der Waals surface area contributed by atoms with E-state index in [9.17, 15) is 4.79 Å². The minimum Gasteiger partial charge on any atom is -0.341 e. The van der Waals surface area contributed by atoms with E-state index in [2.05, 4.69) is 26.8 Å². The van der Waals surface area contributed by atoms with Crippen LogP contribution in [0, 0.1) is 0 Å². The molecule has 0 spiro atoms. The van der Waals surface area contributed by atoms with Gasteiger partial charge in [0.1, 0.15) is 5.69 Å². The molecule has 1 aromatic heterocycles. The maximum absolute atomic E-state index is 12.6. The Morgan fingerprint density at radius 1 is 1.00 bits per heavy atom. The van der Waals surface area contributed by atoms with Crippen LogP contribution in [0.2, 0.25) is 0 Å². The summed E-state index contributed by atoms with van der Waals surface area (Å²) in [6, 6.07) is 1.74. The third kappa shape index (κ3) is 3.55. The zero-order valence-electron chi connectivity index (χ0n) is 13.4. The molecule has 2 aliphatic heterocycles. The summed E-state index contributed by atoms with van der Waals surface area (Å²) >= 11 is 0. The van der Waals surface area contributed by atoms with Crippen LogP contribution in [0.15, 0.2) is 12.3 Å². The van der Waals surface area contributed by atoms with Gasteiger partial charge in [0.05, 0.1) is 0 Å². The Balaban J connectivity index is 1.71. The molecule has 3 rings (SSSR count). The van der Waals surface area contributed by atoms with Gasteiger partial charge in [0.25, 0.3) is 5.91 Å². The molecule has 1 amide bonds. The number of amides is 1. The standard InChI is InChI=1S/C16H25N5O/c1-19-10-12-20(13-11-19)15(22)14-6-7-17-16(18-14)21-8-4-2-3-5-9-21/h6-7H,2-5,8-13H2,1H3. The Morgan fingerprint density at radius 3 is 2.36 bits per heavy atom. The fourth-order valence-corrected chi connectivity index (χ4v) is 3.06. The number of nitrogens with zero attached hydrogens (tertiary/aromatic N) is 5. The van der Waals surface area contributed by atoms with Gasteiger partial charge in [-0.3, -0.25) is 4.79 Å². The first kappa shape index (κ1) is 15.2. The Labute approximate surface area is 132 Å².